The van der Waals surface area contributed by atoms with Crippen LogP contribution >= 0.6 is 0 Å². The highest BCUT2D eigenvalue weighted by Crippen LogP contribution is 2.39. The summed E-state index contributed by atoms with van der Waals surface area (Å²) in [6, 6.07) is 8.04. The van der Waals surface area contributed by atoms with Crippen LogP contribution in [0.25, 0.3) is 0 Å². The Morgan fingerprint density at radius 2 is 1.89 bits per heavy atom. The Morgan fingerprint density at radius 3 is 2.42 bits per heavy atom. The largest absolute Gasteiger partial charge is 0.481 e. The molecule has 1 N–H and O–H groups in total. The molecule has 1 aliphatic rings. The Balaban J connectivity index is 1.96. The molecular weight excluding hydrogens is 240 g/mol. The molecular formula is C16H22O3. The molecule has 0 heterocycles. The molecule has 0 unspecified atom stereocenters. The summed E-state index contributed by atoms with van der Waals surface area (Å²) in [5.41, 5.74) is 1.70. The van der Waals surface area contributed by atoms with Crippen LogP contribution in [0.15, 0.2) is 24.3 Å². The van der Waals surface area contributed by atoms with Crippen molar-refractivity contribution in [2.45, 2.75) is 39.0 Å². The fourth-order valence-corrected chi connectivity index (χ4v) is 2.74. The normalized spacial score (nSPS) is 16.3. The Bertz CT molecular complexity index is 414. The van der Waals surface area contributed by atoms with Gasteiger partial charge in [-0.25, -0.2) is 0 Å². The van der Waals surface area contributed by atoms with Crippen molar-refractivity contribution in [3.05, 3.63) is 35.4 Å². The van der Waals surface area contributed by atoms with Crippen molar-refractivity contribution in [3.63, 3.8) is 0 Å². The van der Waals surface area contributed by atoms with Gasteiger partial charge in [0.2, 0.25) is 0 Å². The highest BCUT2D eigenvalue weighted by atomic mass is 16.5. The molecule has 0 amide bonds. The highest BCUT2D eigenvalue weighted by molar-refractivity contribution is 5.77. The molecule has 1 aromatic rings. The van der Waals surface area contributed by atoms with Crippen molar-refractivity contribution in [1.82, 2.24) is 0 Å². The summed E-state index contributed by atoms with van der Waals surface area (Å²) in [5.74, 6) is -0.692. The number of aliphatic carboxylic acids is 1. The predicted molar refractivity (Wildman–Crippen MR) is 74.3 cm³/mol. The van der Waals surface area contributed by atoms with Gasteiger partial charge in [0.05, 0.1) is 5.41 Å². The van der Waals surface area contributed by atoms with Gasteiger partial charge in [-0.3, -0.25) is 4.79 Å². The third kappa shape index (κ3) is 3.16. The number of hydrogen-bond donors (Lipinski definition) is 1. The molecule has 0 aromatic heterocycles. The van der Waals surface area contributed by atoms with Crippen LogP contribution in [0, 0.1) is 5.41 Å². The first-order valence-electron chi connectivity index (χ1n) is 7.06. The van der Waals surface area contributed by atoms with Gasteiger partial charge in [0.1, 0.15) is 0 Å². The van der Waals surface area contributed by atoms with Crippen molar-refractivity contribution < 1.29 is 14.6 Å². The van der Waals surface area contributed by atoms with E-state index in [0.717, 1.165) is 19.4 Å². The van der Waals surface area contributed by atoms with Crippen LogP contribution in [0.1, 0.15) is 37.3 Å². The van der Waals surface area contributed by atoms with E-state index in [0.29, 0.717) is 25.9 Å². The number of rotatable bonds is 7. The van der Waals surface area contributed by atoms with Crippen LogP contribution < -0.4 is 0 Å². The molecule has 0 radical (unpaired) electrons. The maximum absolute atomic E-state index is 11.7. The van der Waals surface area contributed by atoms with Crippen LogP contribution in [0.4, 0.5) is 0 Å². The second-order valence-electron chi connectivity index (χ2n) is 5.42. The van der Waals surface area contributed by atoms with Crippen molar-refractivity contribution in [1.29, 1.82) is 0 Å². The van der Waals surface area contributed by atoms with Crippen molar-refractivity contribution >= 4 is 5.97 Å². The topological polar surface area (TPSA) is 46.5 Å². The van der Waals surface area contributed by atoms with Gasteiger partial charge in [-0.1, -0.05) is 37.6 Å². The van der Waals surface area contributed by atoms with Crippen molar-refractivity contribution in [2.75, 3.05) is 13.2 Å². The summed E-state index contributed by atoms with van der Waals surface area (Å²) in [6.45, 7) is 3.40. The first-order valence-corrected chi connectivity index (χ1v) is 7.06. The lowest BCUT2D eigenvalue weighted by atomic mass is 9.82. The summed E-state index contributed by atoms with van der Waals surface area (Å²) in [5, 5.41) is 9.58. The molecule has 104 valence electrons. The van der Waals surface area contributed by atoms with Gasteiger partial charge in [-0.05, 0) is 36.8 Å². The van der Waals surface area contributed by atoms with Gasteiger partial charge < -0.3 is 9.84 Å². The lowest BCUT2D eigenvalue weighted by Gasteiger charge is -2.23. The molecule has 2 rings (SSSR count). The average Bonchev–Trinajstić information content (AvgIpc) is 2.78. The van der Waals surface area contributed by atoms with Crippen LogP contribution in [0.5, 0.6) is 0 Å². The summed E-state index contributed by atoms with van der Waals surface area (Å²) < 4.78 is 5.55. The monoisotopic (exact) mass is 262 g/mol. The van der Waals surface area contributed by atoms with Crippen LogP contribution in [0.2, 0.25) is 0 Å². The van der Waals surface area contributed by atoms with Crippen LogP contribution in [0.3, 0.4) is 0 Å². The molecule has 0 bridgehead atoms. The molecule has 0 aliphatic heterocycles. The number of unbranched alkanes of at least 4 members (excludes halogenated alkanes) is 1. The van der Waals surface area contributed by atoms with Gasteiger partial charge in [0.15, 0.2) is 0 Å². The molecule has 0 saturated carbocycles. The minimum absolute atomic E-state index is 0.542. The molecule has 1 aromatic carbocycles. The van der Waals surface area contributed by atoms with Crippen molar-refractivity contribution in [2.24, 2.45) is 5.41 Å². The minimum Gasteiger partial charge on any atom is -0.481 e. The number of carbonyl (C=O) groups is 1. The Kier molecular flexibility index (Phi) is 4.59. The van der Waals surface area contributed by atoms with E-state index in [1.54, 1.807) is 0 Å². The van der Waals surface area contributed by atoms with E-state index < -0.39 is 11.4 Å². The van der Waals surface area contributed by atoms with E-state index in [9.17, 15) is 9.90 Å². The second kappa shape index (κ2) is 6.20. The SMILES string of the molecule is CCCCOCCC1(C(=O)O)Cc2ccccc2C1. The predicted octanol–water partition coefficient (Wildman–Crippen LogP) is 3.06. The molecule has 3 heteroatoms. The lowest BCUT2D eigenvalue weighted by molar-refractivity contribution is -0.149. The number of benzene rings is 1. The molecule has 1 aliphatic carbocycles. The third-order valence-corrected chi connectivity index (χ3v) is 4.00. The summed E-state index contributed by atoms with van der Waals surface area (Å²) in [4.78, 5) is 11.7. The van der Waals surface area contributed by atoms with Gasteiger partial charge in [-0.15, -0.1) is 0 Å². The Hall–Kier alpha value is -1.35. The average molecular weight is 262 g/mol. The first kappa shape index (κ1) is 14.1. The maximum Gasteiger partial charge on any atom is 0.310 e. The number of ether oxygens (including phenoxy) is 1. The quantitative estimate of drug-likeness (QED) is 0.768. The Morgan fingerprint density at radius 1 is 1.26 bits per heavy atom. The van der Waals surface area contributed by atoms with Gasteiger partial charge in [-0.2, -0.15) is 0 Å². The summed E-state index contributed by atoms with van der Waals surface area (Å²) >= 11 is 0. The van der Waals surface area contributed by atoms with E-state index in [1.165, 1.54) is 11.1 Å². The van der Waals surface area contributed by atoms with E-state index in [1.807, 2.05) is 24.3 Å². The third-order valence-electron chi connectivity index (χ3n) is 4.00. The zero-order chi connectivity index (χ0) is 13.7. The zero-order valence-corrected chi connectivity index (χ0v) is 11.5. The highest BCUT2D eigenvalue weighted by Gasteiger charge is 2.43. The lowest BCUT2D eigenvalue weighted by Crippen LogP contribution is -2.33. The second-order valence-corrected chi connectivity index (χ2v) is 5.42. The minimum atomic E-state index is -0.692. The molecule has 19 heavy (non-hydrogen) atoms. The number of carboxylic acids is 1. The van der Waals surface area contributed by atoms with Crippen LogP contribution in [-0.4, -0.2) is 24.3 Å². The zero-order valence-electron chi connectivity index (χ0n) is 11.5. The van der Waals surface area contributed by atoms with Gasteiger partial charge >= 0.3 is 5.97 Å². The Labute approximate surface area is 114 Å². The molecule has 0 spiro atoms. The molecule has 0 saturated heterocycles. The van der Waals surface area contributed by atoms with Gasteiger partial charge in [0, 0.05) is 13.2 Å². The maximum atomic E-state index is 11.7. The first-order chi connectivity index (χ1) is 9.18. The summed E-state index contributed by atoms with van der Waals surface area (Å²) in [6.07, 6.45) is 4.02. The molecule has 0 atom stereocenters. The van der Waals surface area contributed by atoms with E-state index >= 15 is 0 Å². The fourth-order valence-electron chi connectivity index (χ4n) is 2.74. The molecule has 0 fully saturated rings. The van der Waals surface area contributed by atoms with Crippen LogP contribution in [-0.2, 0) is 22.4 Å². The summed E-state index contributed by atoms with van der Waals surface area (Å²) in [7, 11) is 0. The van der Waals surface area contributed by atoms with E-state index in [-0.39, 0.29) is 0 Å². The van der Waals surface area contributed by atoms with Crippen molar-refractivity contribution in [3.8, 4) is 0 Å². The fraction of sp³-hybridized carbons (Fsp3) is 0.562. The number of hydrogen-bond acceptors (Lipinski definition) is 2. The standard InChI is InChI=1S/C16H22O3/c1-2-3-9-19-10-8-16(15(17)18)11-13-6-4-5-7-14(13)12-16/h4-7H,2-3,8-12H2,1H3,(H,17,18). The number of fused-ring (bicyclic) bond motifs is 1. The smallest absolute Gasteiger partial charge is 0.310 e. The van der Waals surface area contributed by atoms with E-state index in [2.05, 4.69) is 6.92 Å². The number of carboxylic acid groups (broad SMARTS) is 1. The van der Waals surface area contributed by atoms with E-state index in [4.69, 9.17) is 4.74 Å². The van der Waals surface area contributed by atoms with Gasteiger partial charge in [0.25, 0.3) is 0 Å². The molecule has 3 nitrogen and oxygen atoms in total.